The van der Waals surface area contributed by atoms with E-state index in [4.69, 9.17) is 49.3 Å². The van der Waals surface area contributed by atoms with Crippen LogP contribution in [-0.4, -0.2) is 77.1 Å². The molecule has 7 N–H and O–H groups in total. The van der Waals surface area contributed by atoms with Crippen molar-refractivity contribution in [3.05, 3.63) is 57.2 Å². The van der Waals surface area contributed by atoms with Gasteiger partial charge in [0.05, 0.1) is 48.8 Å². The number of nitrogens with zero attached hydrogens (tertiary/aromatic N) is 3. The van der Waals surface area contributed by atoms with Crippen molar-refractivity contribution >= 4 is 69.5 Å². The predicted octanol–water partition coefficient (Wildman–Crippen LogP) is 4.18. The van der Waals surface area contributed by atoms with E-state index < -0.39 is 66.2 Å². The van der Waals surface area contributed by atoms with Crippen molar-refractivity contribution in [1.82, 2.24) is 15.1 Å². The fourth-order valence-corrected chi connectivity index (χ4v) is 5.08. The number of rotatable bonds is 8. The number of aliphatic carboxylic acids is 1. The van der Waals surface area contributed by atoms with Crippen molar-refractivity contribution in [2.24, 2.45) is 16.5 Å². The zero-order valence-corrected chi connectivity index (χ0v) is 26.1. The number of fused-ring (bicyclic) bond motifs is 1. The van der Waals surface area contributed by atoms with Gasteiger partial charge >= 0.3 is 24.3 Å². The Balaban J connectivity index is 0.000000838. The molecule has 2 amide bonds. The van der Waals surface area contributed by atoms with E-state index in [1.807, 2.05) is 0 Å². The maximum absolute atomic E-state index is 13.6. The van der Waals surface area contributed by atoms with Gasteiger partial charge < -0.3 is 31.9 Å². The molecule has 13 nitrogen and oxygen atoms in total. The topological polar surface area (TPSA) is 204 Å². The Kier molecular flexibility index (Phi) is 11.9. The Morgan fingerprint density at radius 1 is 1.10 bits per heavy atom. The first-order chi connectivity index (χ1) is 22.6. The number of halogens is 9. The van der Waals surface area contributed by atoms with Crippen LogP contribution in [0.2, 0.25) is 10.2 Å². The first kappa shape index (κ1) is 38.6. The summed E-state index contributed by atoms with van der Waals surface area (Å²) in [6, 6.07) is 3.50. The average Bonchev–Trinajstić information content (AvgIpc) is 3.32. The highest BCUT2D eigenvalue weighted by Crippen LogP contribution is 2.41. The minimum Gasteiger partial charge on any atom is -0.475 e. The monoisotopic (exact) mass is 745 g/mol. The zero-order valence-electron chi connectivity index (χ0n) is 24.6. The summed E-state index contributed by atoms with van der Waals surface area (Å²) in [6.07, 6.45) is -11.7. The van der Waals surface area contributed by atoms with E-state index in [-0.39, 0.29) is 56.9 Å². The van der Waals surface area contributed by atoms with Gasteiger partial charge in [0.15, 0.2) is 11.1 Å². The number of alkyl halides is 7. The molecule has 0 radical (unpaired) electrons. The second-order valence-corrected chi connectivity index (χ2v) is 10.9. The number of ether oxygens (including phenoxy) is 1. The summed E-state index contributed by atoms with van der Waals surface area (Å²) in [5, 5.41) is 16.6. The van der Waals surface area contributed by atoms with Crippen LogP contribution in [0, 0.1) is 0 Å². The number of hydrogen-bond donors (Lipinski definition) is 5. The van der Waals surface area contributed by atoms with E-state index in [0.717, 1.165) is 23.9 Å². The van der Waals surface area contributed by atoms with Crippen molar-refractivity contribution in [1.29, 1.82) is 0 Å². The molecule has 0 bridgehead atoms. The summed E-state index contributed by atoms with van der Waals surface area (Å²) in [4.78, 5) is 50.6. The number of aromatic nitrogens is 2. The van der Waals surface area contributed by atoms with Gasteiger partial charge in [0.1, 0.15) is 12.2 Å². The molecule has 0 saturated heterocycles. The lowest BCUT2D eigenvalue weighted by Crippen LogP contribution is -2.41. The van der Waals surface area contributed by atoms with Crippen molar-refractivity contribution in [2.75, 3.05) is 25.5 Å². The van der Waals surface area contributed by atoms with E-state index in [1.54, 1.807) is 0 Å². The smallest absolute Gasteiger partial charge is 0.475 e. The Morgan fingerprint density at radius 2 is 1.73 bits per heavy atom. The number of primary amides is 2. The second-order valence-electron chi connectivity index (χ2n) is 10.1. The Morgan fingerprint density at radius 3 is 2.22 bits per heavy atom. The second kappa shape index (κ2) is 15.1. The number of carboxylic acid groups (broad SMARTS) is 1. The third kappa shape index (κ3) is 9.62. The van der Waals surface area contributed by atoms with Gasteiger partial charge in [-0.25, -0.2) is 14.2 Å². The van der Waals surface area contributed by atoms with Crippen LogP contribution in [0.5, 0.6) is 0 Å². The summed E-state index contributed by atoms with van der Waals surface area (Å²) in [7, 11) is 1.06. The fourth-order valence-electron chi connectivity index (χ4n) is 4.56. The maximum atomic E-state index is 13.6. The normalized spacial score (nSPS) is 16.0. The highest BCUT2D eigenvalue weighted by molar-refractivity contribution is 6.36. The van der Waals surface area contributed by atoms with E-state index in [9.17, 15) is 45.1 Å². The molecule has 0 fully saturated rings. The van der Waals surface area contributed by atoms with Crippen LogP contribution in [0.15, 0.2) is 35.3 Å². The number of aliphatic imine (C=N–C) groups is 1. The average molecular weight is 746 g/mol. The van der Waals surface area contributed by atoms with Gasteiger partial charge in [0.2, 0.25) is 11.8 Å². The number of nitrogens with one attached hydrogen (secondary N) is 2. The molecule has 0 aliphatic carbocycles. The minimum absolute atomic E-state index is 0.00955. The number of amides is 2. The summed E-state index contributed by atoms with van der Waals surface area (Å²) >= 11 is 12.5. The molecule has 4 rings (SSSR count). The summed E-state index contributed by atoms with van der Waals surface area (Å²) in [5.41, 5.74) is 10.0. The molecule has 1 aliphatic heterocycles. The first-order valence-corrected chi connectivity index (χ1v) is 14.1. The van der Waals surface area contributed by atoms with Crippen LogP contribution < -0.4 is 22.1 Å². The summed E-state index contributed by atoms with van der Waals surface area (Å²) in [5.74, 6) is -6.89. The lowest BCUT2D eigenvalue weighted by molar-refractivity contribution is -0.192. The molecule has 1 aromatic heterocycles. The summed E-state index contributed by atoms with van der Waals surface area (Å²) < 4.78 is 92.0. The molecule has 0 saturated carbocycles. The van der Waals surface area contributed by atoms with Crippen LogP contribution in [0.4, 0.5) is 36.4 Å². The Hall–Kier alpha value is -4.85. The Bertz CT molecular complexity index is 1800. The van der Waals surface area contributed by atoms with Crippen LogP contribution in [-0.2, 0) is 25.3 Å². The standard InChI is InChI=1S/C25H23Cl2F4N7O4.C2HF3O2/c1-42-18(39)7-15(10-2-12(25(29,30)31)6-13(26)3-10)20(23(33)41)38-17-5-11(22(32)40)4-16(19(17)21(27)37-38)36-24-34-8-14(28)9-35-24;3-2(4,5)1(6)7/h2-6,14-15,20H,7-9H2,1H3,(H2,32,40)(H2,33,41)(H2,34,35,36);(H,6,7)/t15-,20?;/m0./s1. The van der Waals surface area contributed by atoms with Crippen LogP contribution >= 0.6 is 23.2 Å². The molecule has 2 unspecified atom stereocenters. The molecule has 2 heterocycles. The number of guanidine groups is 1. The van der Waals surface area contributed by atoms with Crippen molar-refractivity contribution in [2.45, 2.75) is 36.9 Å². The number of methoxy groups -OCH3 is 1. The van der Waals surface area contributed by atoms with Crippen LogP contribution in [0.3, 0.4) is 0 Å². The number of carbonyl (C=O) groups excluding carboxylic acids is 3. The lowest BCUT2D eigenvalue weighted by atomic mass is 9.87. The van der Waals surface area contributed by atoms with E-state index >= 15 is 0 Å². The third-order valence-corrected chi connectivity index (χ3v) is 7.19. The van der Waals surface area contributed by atoms with Gasteiger partial charge in [-0.1, -0.05) is 23.2 Å². The Labute approximate surface area is 280 Å². The molecular formula is C27H24Cl2F7N7O6. The lowest BCUT2D eigenvalue weighted by Gasteiger charge is -2.26. The van der Waals surface area contributed by atoms with Crippen LogP contribution in [0.25, 0.3) is 10.9 Å². The SMILES string of the molecule is COC(=O)C[C@@H](c1cc(Cl)cc(C(F)(F)F)c1)C(C(N)=O)n1nc(Cl)c2c(NC3=NCC(F)CN3)cc(C(N)=O)cc21.O=C(O)C(F)(F)F. The highest BCUT2D eigenvalue weighted by Gasteiger charge is 2.39. The number of carbonyl (C=O) groups is 4. The summed E-state index contributed by atoms with van der Waals surface area (Å²) in [6.45, 7) is -0.185. The predicted molar refractivity (Wildman–Crippen MR) is 160 cm³/mol. The largest absolute Gasteiger partial charge is 0.490 e. The molecule has 0 spiro atoms. The quantitative estimate of drug-likeness (QED) is 0.166. The van der Waals surface area contributed by atoms with Gasteiger partial charge in [0.25, 0.3) is 0 Å². The molecule has 22 heteroatoms. The molecule has 49 heavy (non-hydrogen) atoms. The van der Waals surface area contributed by atoms with E-state index in [1.165, 1.54) is 12.1 Å². The fraction of sp³-hybridized carbons (Fsp3) is 0.333. The number of hydrogen-bond acceptors (Lipinski definition) is 9. The van der Waals surface area contributed by atoms with Gasteiger partial charge in [0, 0.05) is 16.5 Å². The molecule has 1 aliphatic rings. The molecule has 3 atom stereocenters. The number of benzene rings is 2. The van der Waals surface area contributed by atoms with E-state index in [2.05, 4.69) is 20.7 Å². The number of nitrogens with two attached hydrogens (primary N) is 2. The van der Waals surface area contributed by atoms with Gasteiger partial charge in [-0.3, -0.25) is 19.1 Å². The van der Waals surface area contributed by atoms with Gasteiger partial charge in [-0.05, 0) is 35.9 Å². The minimum atomic E-state index is -5.08. The highest BCUT2D eigenvalue weighted by atomic mass is 35.5. The first-order valence-electron chi connectivity index (χ1n) is 13.4. The van der Waals surface area contributed by atoms with Crippen molar-refractivity contribution in [3.8, 4) is 0 Å². The zero-order chi connectivity index (χ0) is 37.0. The molecule has 2 aromatic carbocycles. The number of esters is 1. The molecule has 266 valence electrons. The molecule has 3 aromatic rings. The van der Waals surface area contributed by atoms with Crippen molar-refractivity contribution in [3.63, 3.8) is 0 Å². The van der Waals surface area contributed by atoms with Crippen molar-refractivity contribution < 1.29 is 59.8 Å². The van der Waals surface area contributed by atoms with Crippen LogP contribution in [0.1, 0.15) is 39.9 Å². The third-order valence-electron chi connectivity index (χ3n) is 6.71. The molecular weight excluding hydrogens is 722 g/mol. The maximum Gasteiger partial charge on any atom is 0.490 e. The number of carboxylic acids is 1. The number of anilines is 1. The van der Waals surface area contributed by atoms with Gasteiger partial charge in [-0.15, -0.1) is 0 Å². The van der Waals surface area contributed by atoms with E-state index in [0.29, 0.717) is 6.07 Å². The van der Waals surface area contributed by atoms with Gasteiger partial charge in [-0.2, -0.15) is 31.4 Å².